The first-order chi connectivity index (χ1) is 11.5. The number of anilines is 1. The summed E-state index contributed by atoms with van der Waals surface area (Å²) in [5, 5.41) is 6.68. The maximum Gasteiger partial charge on any atom is 0.251 e. The van der Waals surface area contributed by atoms with E-state index in [0.717, 1.165) is 44.1 Å². The highest BCUT2D eigenvalue weighted by molar-refractivity contribution is 7.80. The lowest BCUT2D eigenvalue weighted by Gasteiger charge is -2.12. The van der Waals surface area contributed by atoms with Gasteiger partial charge in [-0.15, -0.1) is 11.3 Å². The fourth-order valence-electron chi connectivity index (χ4n) is 3.70. The molecule has 2 aliphatic rings. The summed E-state index contributed by atoms with van der Waals surface area (Å²) < 4.78 is 0. The molecule has 7 heteroatoms. The topological polar surface area (TPSA) is 84.2 Å². The number of primary amides is 1. The summed E-state index contributed by atoms with van der Waals surface area (Å²) in [4.78, 5) is 25.1. The molecule has 5 nitrogen and oxygen atoms in total. The van der Waals surface area contributed by atoms with Crippen LogP contribution in [-0.2, 0) is 17.6 Å². The normalized spacial score (nSPS) is 17.3. The van der Waals surface area contributed by atoms with Crippen molar-refractivity contribution in [3.05, 3.63) is 16.0 Å². The Morgan fingerprint density at radius 2 is 1.88 bits per heavy atom. The van der Waals surface area contributed by atoms with Gasteiger partial charge in [-0.2, -0.15) is 0 Å². The van der Waals surface area contributed by atoms with Gasteiger partial charge >= 0.3 is 0 Å². The molecule has 130 valence electrons. The van der Waals surface area contributed by atoms with E-state index in [4.69, 9.17) is 18.0 Å². The predicted octanol–water partition coefficient (Wildman–Crippen LogP) is 3.12. The molecule has 0 spiro atoms. The first-order valence-electron chi connectivity index (χ1n) is 8.59. The molecule has 0 aliphatic heterocycles. The van der Waals surface area contributed by atoms with Gasteiger partial charge in [0.05, 0.1) is 5.56 Å². The smallest absolute Gasteiger partial charge is 0.251 e. The summed E-state index contributed by atoms with van der Waals surface area (Å²) in [5.41, 5.74) is 7.17. The van der Waals surface area contributed by atoms with Gasteiger partial charge in [0, 0.05) is 11.3 Å². The number of thiophene rings is 1. The molecule has 1 aromatic rings. The molecule has 4 N–H and O–H groups in total. The van der Waals surface area contributed by atoms with Crippen LogP contribution in [0.3, 0.4) is 0 Å². The van der Waals surface area contributed by atoms with Gasteiger partial charge in [-0.25, -0.2) is 0 Å². The molecule has 1 aromatic heterocycles. The van der Waals surface area contributed by atoms with Gasteiger partial charge in [0.1, 0.15) is 5.00 Å². The molecule has 0 unspecified atom stereocenters. The van der Waals surface area contributed by atoms with E-state index in [1.54, 1.807) is 0 Å². The highest BCUT2D eigenvalue weighted by atomic mass is 32.1. The van der Waals surface area contributed by atoms with E-state index in [1.165, 1.54) is 29.1 Å². The molecular formula is C17H23N3O2S2. The van der Waals surface area contributed by atoms with Gasteiger partial charge in [-0.1, -0.05) is 12.8 Å². The Bertz CT molecular complexity index is 663. The van der Waals surface area contributed by atoms with E-state index in [1.807, 2.05) is 0 Å². The van der Waals surface area contributed by atoms with Crippen LogP contribution in [0.5, 0.6) is 0 Å². The van der Waals surface area contributed by atoms with Crippen LogP contribution in [0.15, 0.2) is 0 Å². The summed E-state index contributed by atoms with van der Waals surface area (Å²) in [6.45, 7) is 0. The van der Waals surface area contributed by atoms with Crippen LogP contribution in [0.25, 0.3) is 0 Å². The van der Waals surface area contributed by atoms with E-state index in [2.05, 4.69) is 10.6 Å². The largest absolute Gasteiger partial charge is 0.365 e. The van der Waals surface area contributed by atoms with Crippen LogP contribution in [-0.4, -0.2) is 16.9 Å². The monoisotopic (exact) mass is 365 g/mol. The molecule has 24 heavy (non-hydrogen) atoms. The Kier molecular flexibility index (Phi) is 5.50. The third-order valence-electron chi connectivity index (χ3n) is 4.85. The highest BCUT2D eigenvalue weighted by Crippen LogP contribution is 2.37. The highest BCUT2D eigenvalue weighted by Gasteiger charge is 2.25. The molecule has 0 saturated heterocycles. The molecular weight excluding hydrogens is 342 g/mol. The van der Waals surface area contributed by atoms with Crippen molar-refractivity contribution in [2.24, 2.45) is 11.7 Å². The Morgan fingerprint density at radius 1 is 1.17 bits per heavy atom. The van der Waals surface area contributed by atoms with Crippen molar-refractivity contribution < 1.29 is 9.59 Å². The minimum absolute atomic E-state index is 0.0543. The van der Waals surface area contributed by atoms with E-state index in [-0.39, 0.29) is 11.0 Å². The van der Waals surface area contributed by atoms with Crippen LogP contribution in [0.1, 0.15) is 65.7 Å². The number of carbonyl (C=O) groups excluding carboxylic acids is 2. The molecule has 2 amide bonds. The van der Waals surface area contributed by atoms with Crippen LogP contribution < -0.4 is 16.4 Å². The Morgan fingerprint density at radius 3 is 2.58 bits per heavy atom. The molecule has 3 rings (SSSR count). The average molecular weight is 366 g/mol. The first-order valence-corrected chi connectivity index (χ1v) is 9.82. The van der Waals surface area contributed by atoms with Gasteiger partial charge in [0.15, 0.2) is 5.11 Å². The quantitative estimate of drug-likeness (QED) is 0.716. The number of carbonyl (C=O) groups is 2. The van der Waals surface area contributed by atoms with Gasteiger partial charge < -0.3 is 16.4 Å². The fraction of sp³-hybridized carbons (Fsp3) is 0.588. The first kappa shape index (κ1) is 17.4. The number of hydrogen-bond acceptors (Lipinski definition) is 4. The second-order valence-electron chi connectivity index (χ2n) is 6.64. The average Bonchev–Trinajstić information content (AvgIpc) is 3.13. The van der Waals surface area contributed by atoms with Crippen LogP contribution >= 0.6 is 23.6 Å². The third kappa shape index (κ3) is 3.95. The van der Waals surface area contributed by atoms with Crippen molar-refractivity contribution in [3.8, 4) is 0 Å². The van der Waals surface area contributed by atoms with Crippen molar-refractivity contribution in [2.75, 3.05) is 5.32 Å². The molecule has 2 aliphatic carbocycles. The zero-order valence-corrected chi connectivity index (χ0v) is 15.3. The third-order valence-corrected chi connectivity index (χ3v) is 6.26. The lowest BCUT2D eigenvalue weighted by atomic mass is 9.95. The minimum atomic E-state index is -0.433. The van der Waals surface area contributed by atoms with E-state index in [0.29, 0.717) is 22.9 Å². The second-order valence-corrected chi connectivity index (χ2v) is 8.15. The van der Waals surface area contributed by atoms with Crippen molar-refractivity contribution in [3.63, 3.8) is 0 Å². The molecule has 0 bridgehead atoms. The number of fused-ring (bicyclic) bond motifs is 1. The van der Waals surface area contributed by atoms with E-state index in [9.17, 15) is 9.59 Å². The van der Waals surface area contributed by atoms with Crippen LogP contribution in [0.2, 0.25) is 0 Å². The Hall–Kier alpha value is -1.47. The van der Waals surface area contributed by atoms with Gasteiger partial charge in [0.2, 0.25) is 5.91 Å². The number of amides is 2. The molecule has 0 atom stereocenters. The Labute approximate surface area is 151 Å². The summed E-state index contributed by atoms with van der Waals surface area (Å²) in [5.74, 6) is -0.0126. The summed E-state index contributed by atoms with van der Waals surface area (Å²) >= 11 is 6.78. The van der Waals surface area contributed by atoms with Crippen molar-refractivity contribution in [2.45, 2.75) is 57.8 Å². The lowest BCUT2D eigenvalue weighted by molar-refractivity contribution is -0.120. The maximum atomic E-state index is 12.1. The van der Waals surface area contributed by atoms with E-state index < -0.39 is 5.91 Å². The van der Waals surface area contributed by atoms with Crippen LogP contribution in [0, 0.1) is 5.92 Å². The number of rotatable bonds is 4. The minimum Gasteiger partial charge on any atom is -0.365 e. The molecule has 1 fully saturated rings. The molecule has 1 heterocycles. The number of aryl methyl sites for hydroxylation is 1. The zero-order valence-electron chi connectivity index (χ0n) is 13.7. The summed E-state index contributed by atoms with van der Waals surface area (Å²) in [7, 11) is 0. The van der Waals surface area contributed by atoms with Crippen LogP contribution in [0.4, 0.5) is 5.00 Å². The standard InChI is InChI=1S/C17H23N3O2S2/c18-15(22)14-11-7-3-4-8-12(11)24-16(14)20-17(23)19-13(21)9-10-5-1-2-6-10/h10H,1-9H2,(H2,18,22)(H2,19,20,21,23). The van der Waals surface area contributed by atoms with Gasteiger partial charge in [0.25, 0.3) is 5.91 Å². The predicted molar refractivity (Wildman–Crippen MR) is 100 cm³/mol. The second kappa shape index (κ2) is 7.61. The van der Waals surface area contributed by atoms with Crippen molar-refractivity contribution >= 4 is 45.5 Å². The molecule has 1 saturated carbocycles. The van der Waals surface area contributed by atoms with Gasteiger partial charge in [-0.3, -0.25) is 9.59 Å². The van der Waals surface area contributed by atoms with E-state index >= 15 is 0 Å². The molecule has 0 radical (unpaired) electrons. The summed E-state index contributed by atoms with van der Waals surface area (Å²) in [6, 6.07) is 0. The fourth-order valence-corrected chi connectivity index (χ4v) is 5.28. The SMILES string of the molecule is NC(=O)c1c(NC(=S)NC(=O)CC2CCCC2)sc2c1CCCC2. The molecule has 0 aromatic carbocycles. The zero-order chi connectivity index (χ0) is 17.1. The van der Waals surface area contributed by atoms with Crippen molar-refractivity contribution in [1.29, 1.82) is 0 Å². The van der Waals surface area contributed by atoms with Gasteiger partial charge in [-0.05, 0) is 62.2 Å². The number of hydrogen-bond donors (Lipinski definition) is 3. The summed E-state index contributed by atoms with van der Waals surface area (Å²) in [6.07, 6.45) is 9.25. The number of thiocarbonyl (C=S) groups is 1. The lowest BCUT2D eigenvalue weighted by Crippen LogP contribution is -2.35. The number of nitrogens with one attached hydrogen (secondary N) is 2. The maximum absolute atomic E-state index is 12.1. The van der Waals surface area contributed by atoms with Crippen molar-refractivity contribution in [1.82, 2.24) is 5.32 Å². The number of nitrogens with two attached hydrogens (primary N) is 1. The Balaban J connectivity index is 1.64.